The van der Waals surface area contributed by atoms with Crippen molar-refractivity contribution in [2.24, 2.45) is 0 Å². The summed E-state index contributed by atoms with van der Waals surface area (Å²) in [6.45, 7) is 0. The Kier molecular flexibility index (Phi) is 188. The van der Waals surface area contributed by atoms with E-state index in [1.54, 1.807) is 0 Å². The van der Waals surface area contributed by atoms with E-state index in [2.05, 4.69) is 0 Å². The predicted octanol–water partition coefficient (Wildman–Crippen LogP) is -4.47. The predicted molar refractivity (Wildman–Crippen MR) is 38.4 cm³/mol. The molecule has 0 saturated heterocycles. The van der Waals surface area contributed by atoms with Gasteiger partial charge in [-0.05, 0) is 11.0 Å². The van der Waals surface area contributed by atoms with E-state index in [1.807, 2.05) is 0 Å². The zero-order chi connectivity index (χ0) is 0. The summed E-state index contributed by atoms with van der Waals surface area (Å²) in [5, 5.41) is 0. The second kappa shape index (κ2) is 20.0. The van der Waals surface area contributed by atoms with Crippen LogP contribution in [-0.2, 0) is 0 Å². The van der Waals surface area contributed by atoms with Crippen molar-refractivity contribution in [2.75, 3.05) is 0 Å². The van der Waals surface area contributed by atoms with Gasteiger partial charge >= 0.3 is 51.0 Å². The van der Waals surface area contributed by atoms with Gasteiger partial charge in [0.2, 0.25) is 0 Å². The van der Waals surface area contributed by atoms with Crippen molar-refractivity contribution in [3.05, 3.63) is 0 Å². The van der Waals surface area contributed by atoms with E-state index in [0.717, 1.165) is 0 Å². The van der Waals surface area contributed by atoms with Crippen molar-refractivity contribution in [3.8, 4) is 0 Å². The number of rotatable bonds is 0. The first-order valence-electron chi connectivity index (χ1n) is 0. The molecule has 0 aliphatic heterocycles. The van der Waals surface area contributed by atoms with Crippen LogP contribution >= 0.6 is 0 Å². The van der Waals surface area contributed by atoms with Gasteiger partial charge in [-0.3, -0.25) is 0 Å². The molecule has 0 rings (SSSR count). The monoisotopic (exact) mass is 388 g/mol. The molecule has 0 amide bonds. The third-order valence-electron chi connectivity index (χ3n) is 0. The first-order valence-corrected chi connectivity index (χ1v) is 0. The summed E-state index contributed by atoms with van der Waals surface area (Å²) in [6, 6.07) is 0. The van der Waals surface area contributed by atoms with Gasteiger partial charge in [-0.2, -0.15) is 0 Å². The molecule has 0 fully saturated rings. The molecule has 2 radical (unpaired) electrons. The van der Waals surface area contributed by atoms with Gasteiger partial charge in [-0.15, -0.1) is 0 Å². The van der Waals surface area contributed by atoms with Crippen LogP contribution in [0.1, 0.15) is 0 Å². The van der Waals surface area contributed by atoms with E-state index < -0.39 is 0 Å². The van der Waals surface area contributed by atoms with Crippen molar-refractivity contribution in [1.29, 1.82) is 0 Å². The molecule has 0 saturated carbocycles. The summed E-state index contributed by atoms with van der Waals surface area (Å²) in [5.74, 6) is 0. The summed E-state index contributed by atoms with van der Waals surface area (Å²) in [6.07, 6.45) is 0. The van der Waals surface area contributed by atoms with E-state index in [4.69, 9.17) is 0 Å². The van der Waals surface area contributed by atoms with Gasteiger partial charge in [-0.1, -0.05) is 0 Å². The second-order valence-electron chi connectivity index (χ2n) is 0. The van der Waals surface area contributed by atoms with Crippen molar-refractivity contribution in [2.45, 2.75) is 0 Å². The first-order chi connectivity index (χ1) is 0. The SMILES string of the molecule is B.[PbH2].[SiH4].[TeH2]. The Balaban J connectivity index is 0. The summed E-state index contributed by atoms with van der Waals surface area (Å²) >= 11 is 0. The van der Waals surface area contributed by atoms with Crippen LogP contribution in [0.25, 0.3) is 0 Å². The molecule has 0 unspecified atom stereocenters. The minimum absolute atomic E-state index is 0. The maximum atomic E-state index is 0. The molecule has 28 valence electrons. The van der Waals surface area contributed by atoms with Gasteiger partial charge in [0.1, 0.15) is 0 Å². The molecule has 0 nitrogen and oxygen atoms in total. The van der Waals surface area contributed by atoms with Gasteiger partial charge < -0.3 is 0 Å². The Morgan fingerprint density at radius 2 is 1.00 bits per heavy atom. The van der Waals surface area contributed by atoms with Crippen LogP contribution in [0.4, 0.5) is 0 Å². The third kappa shape index (κ3) is 9.00. The summed E-state index contributed by atoms with van der Waals surface area (Å²) in [4.78, 5) is 0. The zero-order valence-electron chi connectivity index (χ0n) is 1.21. The molecule has 4 heavy (non-hydrogen) atoms. The van der Waals surface area contributed by atoms with Crippen LogP contribution in [0.3, 0.4) is 0 Å². The second-order valence-corrected chi connectivity index (χ2v) is 0. The van der Waals surface area contributed by atoms with Crippen molar-refractivity contribution >= 4 is 70.3 Å². The van der Waals surface area contributed by atoms with Crippen LogP contribution < -0.4 is 0 Å². The Morgan fingerprint density at radius 3 is 1.00 bits per heavy atom. The maximum absolute atomic E-state index is 0. The average molecular weight is 385 g/mol. The van der Waals surface area contributed by atoms with Gasteiger partial charge in [0.25, 0.3) is 0 Å². The van der Waals surface area contributed by atoms with Crippen LogP contribution in [0.15, 0.2) is 0 Å². The molecule has 0 N–H and O–H groups in total. The number of hydrogen-bond acceptors (Lipinski definition) is 0. The van der Waals surface area contributed by atoms with E-state index in [0.29, 0.717) is 0 Å². The Bertz CT molecular complexity index is 8.00. The van der Waals surface area contributed by atoms with Crippen LogP contribution in [-0.4, -0.2) is 70.3 Å². The van der Waals surface area contributed by atoms with Crippen LogP contribution in [0.5, 0.6) is 0 Å². The van der Waals surface area contributed by atoms with Crippen molar-refractivity contribution in [3.63, 3.8) is 0 Å². The summed E-state index contributed by atoms with van der Waals surface area (Å²) < 4.78 is 0. The molecule has 0 aromatic heterocycles. The normalized spacial score (nSPS) is 0. The molecule has 0 atom stereocenters. The van der Waals surface area contributed by atoms with E-state index in [9.17, 15) is 0 Å². The van der Waals surface area contributed by atoms with Gasteiger partial charge in [0.05, 0.1) is 8.41 Å². The van der Waals surface area contributed by atoms with E-state index in [-0.39, 0.29) is 70.3 Å². The standard InChI is InChI=1S/BH3.Pb.H4Si.H2Te.2H/h1H3;;1H4;1H2;;. The molecule has 0 aromatic rings. The fourth-order valence-corrected chi connectivity index (χ4v) is 0. The van der Waals surface area contributed by atoms with Gasteiger partial charge in [0.15, 0.2) is 0 Å². The van der Waals surface area contributed by atoms with Gasteiger partial charge in [0, 0.05) is 0 Å². The Hall–Kier alpha value is 1.99. The molecular weight excluding hydrogens is 374 g/mol. The molecule has 0 aliphatic rings. The molecule has 0 spiro atoms. The third-order valence-corrected chi connectivity index (χ3v) is 0. The molecule has 0 aliphatic carbocycles. The molecular formula is H11BPbSiTe. The van der Waals surface area contributed by atoms with E-state index >= 15 is 0 Å². The average Bonchev–Trinajstić information content (AvgIpc) is 0. The fourth-order valence-electron chi connectivity index (χ4n) is 0. The number of hydrogen-bond donors (Lipinski definition) is 0. The zero-order valence-corrected chi connectivity index (χ0v) is 9.56. The molecule has 0 bridgehead atoms. The summed E-state index contributed by atoms with van der Waals surface area (Å²) in [7, 11) is 0. The Morgan fingerprint density at radius 1 is 1.00 bits per heavy atom. The van der Waals surface area contributed by atoms with Crippen molar-refractivity contribution in [1.82, 2.24) is 0 Å². The molecule has 0 heterocycles. The molecule has 0 aromatic carbocycles. The fraction of sp³-hybridized carbons (Fsp3) is 0. The van der Waals surface area contributed by atoms with E-state index in [1.165, 1.54) is 0 Å². The topological polar surface area (TPSA) is 0 Å². The first kappa shape index (κ1) is 37.6. The van der Waals surface area contributed by atoms with Crippen molar-refractivity contribution < 1.29 is 0 Å². The van der Waals surface area contributed by atoms with Crippen LogP contribution in [0.2, 0.25) is 0 Å². The molecule has 4 heteroatoms. The van der Waals surface area contributed by atoms with Crippen LogP contribution in [0, 0.1) is 0 Å². The summed E-state index contributed by atoms with van der Waals surface area (Å²) in [5.41, 5.74) is 0. The van der Waals surface area contributed by atoms with Gasteiger partial charge in [-0.25, -0.2) is 0 Å². The minimum atomic E-state index is 0. The Labute approximate surface area is 69.6 Å². The quantitative estimate of drug-likeness (QED) is 0.370.